The minimum absolute atomic E-state index is 0.0986. The maximum atomic E-state index is 10.1. The Morgan fingerprint density at radius 2 is 1.35 bits per heavy atom. The monoisotopic (exact) mass is 420 g/mol. The number of hydrogen-bond acceptors (Lipinski definition) is 5. The van der Waals surface area contributed by atoms with Gasteiger partial charge < -0.3 is 24.4 Å². The highest BCUT2D eigenvalue weighted by atomic mass is 16.6. The third kappa shape index (κ3) is 4.50. The van der Waals surface area contributed by atoms with Crippen molar-refractivity contribution in [1.29, 1.82) is 0 Å². The van der Waals surface area contributed by atoms with Crippen molar-refractivity contribution in [1.82, 2.24) is 0 Å². The molecular weight excluding hydrogens is 392 g/mol. The standard InChI is InChI=1S/C26H28O5/c1-29-22-14-12-21(13-15-22)26(19-8-4-2-5-9-19,20-10-6-3-7-11-20)31-17-23-16-24(27)25(28)18-30-23/h2-15,23-25,27-28H,16-18H2,1H3/t23-,24-,25-/m0/s1. The van der Waals surface area contributed by atoms with Gasteiger partial charge in [0.2, 0.25) is 0 Å². The highest BCUT2D eigenvalue weighted by Crippen LogP contribution is 2.41. The molecule has 1 aliphatic rings. The molecule has 0 aromatic heterocycles. The Balaban J connectivity index is 1.77. The number of aliphatic hydroxyl groups is 2. The van der Waals surface area contributed by atoms with E-state index in [0.29, 0.717) is 6.42 Å². The average Bonchev–Trinajstić information content (AvgIpc) is 2.83. The number of aliphatic hydroxyl groups excluding tert-OH is 2. The zero-order valence-corrected chi connectivity index (χ0v) is 17.6. The summed E-state index contributed by atoms with van der Waals surface area (Å²) in [5, 5.41) is 19.9. The normalized spacial score (nSPS) is 21.6. The molecule has 0 amide bonds. The Bertz CT molecular complexity index is 903. The Morgan fingerprint density at radius 3 is 1.87 bits per heavy atom. The van der Waals surface area contributed by atoms with Crippen LogP contribution in [0.1, 0.15) is 23.1 Å². The van der Waals surface area contributed by atoms with E-state index in [-0.39, 0.29) is 19.3 Å². The molecule has 0 bridgehead atoms. The Labute approximate surface area is 182 Å². The van der Waals surface area contributed by atoms with Crippen LogP contribution in [0.25, 0.3) is 0 Å². The third-order valence-electron chi connectivity index (χ3n) is 5.79. The van der Waals surface area contributed by atoms with Crippen molar-refractivity contribution in [3.8, 4) is 5.75 Å². The molecule has 5 heteroatoms. The maximum Gasteiger partial charge on any atom is 0.143 e. The fraction of sp³-hybridized carbons (Fsp3) is 0.308. The predicted molar refractivity (Wildman–Crippen MR) is 118 cm³/mol. The van der Waals surface area contributed by atoms with Gasteiger partial charge in [-0.25, -0.2) is 0 Å². The summed E-state index contributed by atoms with van der Waals surface area (Å²) in [5.41, 5.74) is 2.06. The molecule has 0 saturated carbocycles. The first kappa shape index (κ1) is 21.5. The molecule has 0 unspecified atom stereocenters. The SMILES string of the molecule is COc1ccc(C(OC[C@@H]2C[C@H](O)[C@@H](O)CO2)(c2ccccc2)c2ccccc2)cc1. The van der Waals surface area contributed by atoms with Gasteiger partial charge in [-0.3, -0.25) is 0 Å². The number of benzene rings is 3. The van der Waals surface area contributed by atoms with Gasteiger partial charge in [0.1, 0.15) is 17.5 Å². The zero-order chi connectivity index (χ0) is 21.7. The molecule has 31 heavy (non-hydrogen) atoms. The van der Waals surface area contributed by atoms with Gasteiger partial charge >= 0.3 is 0 Å². The molecule has 3 atom stereocenters. The van der Waals surface area contributed by atoms with Crippen LogP contribution in [0, 0.1) is 0 Å². The van der Waals surface area contributed by atoms with Crippen molar-refractivity contribution in [2.45, 2.75) is 30.3 Å². The van der Waals surface area contributed by atoms with Crippen LogP contribution in [0.2, 0.25) is 0 Å². The Kier molecular flexibility index (Phi) is 6.68. The molecule has 1 aliphatic heterocycles. The highest BCUT2D eigenvalue weighted by molar-refractivity contribution is 5.48. The summed E-state index contributed by atoms with van der Waals surface area (Å²) >= 11 is 0. The first-order chi connectivity index (χ1) is 15.1. The third-order valence-corrected chi connectivity index (χ3v) is 5.79. The second-order valence-electron chi connectivity index (χ2n) is 7.78. The molecule has 1 saturated heterocycles. The van der Waals surface area contributed by atoms with E-state index in [0.717, 1.165) is 22.4 Å². The zero-order valence-electron chi connectivity index (χ0n) is 17.6. The van der Waals surface area contributed by atoms with Gasteiger partial charge in [0, 0.05) is 6.42 Å². The summed E-state index contributed by atoms with van der Waals surface area (Å²) in [5.74, 6) is 0.770. The quantitative estimate of drug-likeness (QED) is 0.573. The van der Waals surface area contributed by atoms with E-state index < -0.39 is 17.8 Å². The van der Waals surface area contributed by atoms with Crippen LogP contribution >= 0.6 is 0 Å². The predicted octanol–water partition coefficient (Wildman–Crippen LogP) is 3.51. The van der Waals surface area contributed by atoms with E-state index in [1.807, 2.05) is 60.7 Å². The van der Waals surface area contributed by atoms with Gasteiger partial charge in [-0.1, -0.05) is 72.8 Å². The van der Waals surface area contributed by atoms with Crippen LogP contribution in [-0.4, -0.2) is 48.8 Å². The molecule has 5 nitrogen and oxygen atoms in total. The molecule has 3 aromatic carbocycles. The summed E-state index contributed by atoms with van der Waals surface area (Å²) in [6.07, 6.45) is -1.66. The molecule has 162 valence electrons. The van der Waals surface area contributed by atoms with Crippen molar-refractivity contribution in [3.63, 3.8) is 0 Å². The van der Waals surface area contributed by atoms with Crippen molar-refractivity contribution in [3.05, 3.63) is 102 Å². The molecule has 3 aromatic rings. The summed E-state index contributed by atoms with van der Waals surface area (Å²) in [4.78, 5) is 0. The van der Waals surface area contributed by atoms with E-state index in [1.54, 1.807) is 7.11 Å². The first-order valence-electron chi connectivity index (χ1n) is 10.5. The van der Waals surface area contributed by atoms with Gasteiger partial charge in [-0.2, -0.15) is 0 Å². The number of ether oxygens (including phenoxy) is 3. The van der Waals surface area contributed by atoms with Crippen molar-refractivity contribution >= 4 is 0 Å². The lowest BCUT2D eigenvalue weighted by atomic mass is 9.80. The topological polar surface area (TPSA) is 68.2 Å². The molecule has 1 fully saturated rings. The summed E-state index contributed by atoms with van der Waals surface area (Å²) < 4.78 is 17.8. The largest absolute Gasteiger partial charge is 0.497 e. The minimum Gasteiger partial charge on any atom is -0.497 e. The molecule has 1 heterocycles. The molecule has 0 aliphatic carbocycles. The maximum absolute atomic E-state index is 10.1. The average molecular weight is 421 g/mol. The smallest absolute Gasteiger partial charge is 0.143 e. The highest BCUT2D eigenvalue weighted by Gasteiger charge is 2.39. The summed E-state index contributed by atoms with van der Waals surface area (Å²) in [7, 11) is 1.65. The van der Waals surface area contributed by atoms with Crippen LogP contribution in [0.4, 0.5) is 0 Å². The van der Waals surface area contributed by atoms with Gasteiger partial charge in [0.25, 0.3) is 0 Å². The lowest BCUT2D eigenvalue weighted by Gasteiger charge is -2.38. The molecule has 4 rings (SSSR count). The van der Waals surface area contributed by atoms with Crippen LogP contribution in [0.15, 0.2) is 84.9 Å². The second-order valence-corrected chi connectivity index (χ2v) is 7.78. The Morgan fingerprint density at radius 1 is 0.806 bits per heavy atom. The lowest BCUT2D eigenvalue weighted by molar-refractivity contribution is -0.149. The number of hydrogen-bond donors (Lipinski definition) is 2. The fourth-order valence-electron chi connectivity index (χ4n) is 4.10. The molecule has 0 spiro atoms. The molecule has 0 radical (unpaired) electrons. The van der Waals surface area contributed by atoms with E-state index in [2.05, 4.69) is 24.3 Å². The Hall–Kier alpha value is -2.70. The van der Waals surface area contributed by atoms with Gasteiger partial charge in [-0.05, 0) is 28.8 Å². The molecular formula is C26H28O5. The lowest BCUT2D eigenvalue weighted by Crippen LogP contribution is -2.44. The van der Waals surface area contributed by atoms with Crippen LogP contribution in [0.5, 0.6) is 5.75 Å². The number of rotatable bonds is 7. The van der Waals surface area contributed by atoms with Crippen molar-refractivity contribution in [2.75, 3.05) is 20.3 Å². The van der Waals surface area contributed by atoms with E-state index >= 15 is 0 Å². The summed E-state index contributed by atoms with van der Waals surface area (Å²) in [6.45, 7) is 0.362. The first-order valence-corrected chi connectivity index (χ1v) is 10.5. The fourth-order valence-corrected chi connectivity index (χ4v) is 4.10. The van der Waals surface area contributed by atoms with Crippen LogP contribution < -0.4 is 4.74 Å². The van der Waals surface area contributed by atoms with Crippen LogP contribution in [0.3, 0.4) is 0 Å². The van der Waals surface area contributed by atoms with Crippen molar-refractivity contribution in [2.24, 2.45) is 0 Å². The minimum atomic E-state index is -0.876. The summed E-state index contributed by atoms with van der Waals surface area (Å²) in [6, 6.07) is 28.0. The van der Waals surface area contributed by atoms with Gasteiger partial charge in [0.05, 0.1) is 32.5 Å². The van der Waals surface area contributed by atoms with Crippen molar-refractivity contribution < 1.29 is 24.4 Å². The van der Waals surface area contributed by atoms with E-state index in [1.165, 1.54) is 0 Å². The van der Waals surface area contributed by atoms with Gasteiger partial charge in [0.15, 0.2) is 0 Å². The van der Waals surface area contributed by atoms with E-state index in [9.17, 15) is 10.2 Å². The van der Waals surface area contributed by atoms with Gasteiger partial charge in [-0.15, -0.1) is 0 Å². The molecule has 2 N–H and O–H groups in total. The van der Waals surface area contributed by atoms with Crippen LogP contribution in [-0.2, 0) is 15.1 Å². The number of methoxy groups -OCH3 is 1. The second kappa shape index (κ2) is 9.62. The van der Waals surface area contributed by atoms with E-state index in [4.69, 9.17) is 14.2 Å².